The first kappa shape index (κ1) is 14.9. The standard InChI is InChI=1S/C18H11F3N2/c1-2-12-4-3-5-14(10-12)23-17-8-9-22-16-7-6-13(11-15(16)17)18(19,20)21/h1,3-11H,(H,22,23). The molecular formula is C18H11F3N2. The summed E-state index contributed by atoms with van der Waals surface area (Å²) in [6, 6.07) is 12.2. The first-order chi connectivity index (χ1) is 11.0. The summed E-state index contributed by atoms with van der Waals surface area (Å²) in [5.41, 5.74) is 1.69. The van der Waals surface area contributed by atoms with E-state index >= 15 is 0 Å². The lowest BCUT2D eigenvalue weighted by Crippen LogP contribution is -2.05. The van der Waals surface area contributed by atoms with Crippen LogP contribution in [0.5, 0.6) is 0 Å². The van der Waals surface area contributed by atoms with E-state index in [4.69, 9.17) is 6.42 Å². The zero-order chi connectivity index (χ0) is 16.4. The molecule has 5 heteroatoms. The van der Waals surface area contributed by atoms with Crippen molar-refractivity contribution in [1.82, 2.24) is 4.98 Å². The molecule has 1 aromatic heterocycles. The average molecular weight is 312 g/mol. The summed E-state index contributed by atoms with van der Waals surface area (Å²) in [4.78, 5) is 4.10. The number of fused-ring (bicyclic) bond motifs is 1. The Morgan fingerprint density at radius 3 is 2.61 bits per heavy atom. The average Bonchev–Trinajstić information content (AvgIpc) is 2.54. The van der Waals surface area contributed by atoms with Gasteiger partial charge in [0.2, 0.25) is 0 Å². The molecule has 0 aliphatic rings. The maximum Gasteiger partial charge on any atom is 0.416 e. The van der Waals surface area contributed by atoms with E-state index in [1.54, 1.807) is 36.5 Å². The van der Waals surface area contributed by atoms with Crippen molar-refractivity contribution in [2.24, 2.45) is 0 Å². The maximum atomic E-state index is 12.9. The molecule has 0 radical (unpaired) electrons. The van der Waals surface area contributed by atoms with Crippen molar-refractivity contribution in [2.45, 2.75) is 6.18 Å². The summed E-state index contributed by atoms with van der Waals surface area (Å²) >= 11 is 0. The number of pyridine rings is 1. The van der Waals surface area contributed by atoms with E-state index in [1.165, 1.54) is 6.07 Å². The Morgan fingerprint density at radius 2 is 1.87 bits per heavy atom. The Balaban J connectivity index is 2.08. The highest BCUT2D eigenvalue weighted by Crippen LogP contribution is 2.33. The predicted octanol–water partition coefficient (Wildman–Crippen LogP) is 4.98. The second-order valence-electron chi connectivity index (χ2n) is 4.94. The van der Waals surface area contributed by atoms with Gasteiger partial charge in [0.25, 0.3) is 0 Å². The van der Waals surface area contributed by atoms with Crippen molar-refractivity contribution in [1.29, 1.82) is 0 Å². The molecule has 23 heavy (non-hydrogen) atoms. The van der Waals surface area contributed by atoms with Crippen LogP contribution in [0.1, 0.15) is 11.1 Å². The SMILES string of the molecule is C#Cc1cccc(Nc2ccnc3ccc(C(F)(F)F)cc23)c1. The van der Waals surface area contributed by atoms with Gasteiger partial charge in [-0.2, -0.15) is 13.2 Å². The number of benzene rings is 2. The molecule has 2 nitrogen and oxygen atoms in total. The summed E-state index contributed by atoms with van der Waals surface area (Å²) in [5, 5.41) is 3.49. The van der Waals surface area contributed by atoms with Gasteiger partial charge in [-0.15, -0.1) is 6.42 Å². The normalized spacial score (nSPS) is 11.2. The third-order valence-electron chi connectivity index (χ3n) is 3.38. The molecule has 114 valence electrons. The van der Waals surface area contributed by atoms with Gasteiger partial charge in [0.15, 0.2) is 0 Å². The Kier molecular flexibility index (Phi) is 3.67. The van der Waals surface area contributed by atoms with Gasteiger partial charge < -0.3 is 5.32 Å². The number of hydrogen-bond acceptors (Lipinski definition) is 2. The molecule has 0 aliphatic carbocycles. The van der Waals surface area contributed by atoms with Crippen molar-refractivity contribution in [3.8, 4) is 12.3 Å². The first-order valence-corrected chi connectivity index (χ1v) is 6.77. The summed E-state index contributed by atoms with van der Waals surface area (Å²) in [6.45, 7) is 0. The molecule has 0 bridgehead atoms. The minimum absolute atomic E-state index is 0.397. The van der Waals surface area contributed by atoms with Crippen LogP contribution in [0.3, 0.4) is 0 Å². The minimum Gasteiger partial charge on any atom is -0.355 e. The van der Waals surface area contributed by atoms with Crippen LogP contribution in [0, 0.1) is 12.3 Å². The molecule has 2 aromatic carbocycles. The van der Waals surface area contributed by atoms with Crippen LogP contribution in [0.25, 0.3) is 10.9 Å². The van der Waals surface area contributed by atoms with E-state index < -0.39 is 11.7 Å². The monoisotopic (exact) mass is 312 g/mol. The molecular weight excluding hydrogens is 301 g/mol. The van der Waals surface area contributed by atoms with Crippen molar-refractivity contribution in [3.63, 3.8) is 0 Å². The lowest BCUT2D eigenvalue weighted by molar-refractivity contribution is -0.137. The fraction of sp³-hybridized carbons (Fsp3) is 0.0556. The predicted molar refractivity (Wildman–Crippen MR) is 84.4 cm³/mol. The molecule has 0 unspecified atom stereocenters. The molecule has 0 amide bonds. The van der Waals surface area contributed by atoms with Gasteiger partial charge in [-0.3, -0.25) is 4.98 Å². The van der Waals surface area contributed by atoms with Gasteiger partial charge in [0, 0.05) is 28.5 Å². The number of hydrogen-bond donors (Lipinski definition) is 1. The van der Waals surface area contributed by atoms with Gasteiger partial charge in [-0.25, -0.2) is 0 Å². The topological polar surface area (TPSA) is 24.9 Å². The second kappa shape index (κ2) is 5.65. The lowest BCUT2D eigenvalue weighted by Gasteiger charge is -2.12. The zero-order valence-electron chi connectivity index (χ0n) is 11.9. The molecule has 0 atom stereocenters. The number of nitrogens with one attached hydrogen (secondary N) is 1. The van der Waals surface area contributed by atoms with Crippen molar-refractivity contribution in [3.05, 3.63) is 65.9 Å². The quantitative estimate of drug-likeness (QED) is 0.675. The number of anilines is 2. The highest BCUT2D eigenvalue weighted by atomic mass is 19.4. The number of aromatic nitrogens is 1. The van der Waals surface area contributed by atoms with Gasteiger partial charge in [0.1, 0.15) is 0 Å². The van der Waals surface area contributed by atoms with Crippen LogP contribution >= 0.6 is 0 Å². The zero-order valence-corrected chi connectivity index (χ0v) is 11.9. The van der Waals surface area contributed by atoms with Gasteiger partial charge >= 0.3 is 6.18 Å². The van der Waals surface area contributed by atoms with Crippen LogP contribution in [0.4, 0.5) is 24.5 Å². The van der Waals surface area contributed by atoms with Crippen molar-refractivity contribution >= 4 is 22.3 Å². The van der Waals surface area contributed by atoms with E-state index in [0.29, 0.717) is 27.8 Å². The second-order valence-corrected chi connectivity index (χ2v) is 4.94. The van der Waals surface area contributed by atoms with Gasteiger partial charge in [0.05, 0.1) is 11.1 Å². The third-order valence-corrected chi connectivity index (χ3v) is 3.38. The highest BCUT2D eigenvalue weighted by Gasteiger charge is 2.30. The van der Waals surface area contributed by atoms with Crippen LogP contribution in [-0.4, -0.2) is 4.98 Å². The van der Waals surface area contributed by atoms with Gasteiger partial charge in [-0.1, -0.05) is 12.0 Å². The molecule has 3 rings (SSSR count). The van der Waals surface area contributed by atoms with E-state index in [9.17, 15) is 13.2 Å². The Morgan fingerprint density at radius 1 is 1.04 bits per heavy atom. The molecule has 0 aliphatic heterocycles. The van der Waals surface area contributed by atoms with Crippen LogP contribution < -0.4 is 5.32 Å². The van der Waals surface area contributed by atoms with Crippen molar-refractivity contribution < 1.29 is 13.2 Å². The Hall–Kier alpha value is -3.00. The summed E-state index contributed by atoms with van der Waals surface area (Å²) in [6.07, 6.45) is 2.50. The van der Waals surface area contributed by atoms with E-state index in [-0.39, 0.29) is 0 Å². The first-order valence-electron chi connectivity index (χ1n) is 6.77. The molecule has 0 fully saturated rings. The number of nitrogens with zero attached hydrogens (tertiary/aromatic N) is 1. The third kappa shape index (κ3) is 3.11. The molecule has 0 saturated carbocycles. The van der Waals surface area contributed by atoms with Crippen molar-refractivity contribution in [2.75, 3.05) is 5.32 Å². The fourth-order valence-electron chi connectivity index (χ4n) is 2.27. The maximum absolute atomic E-state index is 12.9. The molecule has 1 heterocycles. The molecule has 0 saturated heterocycles. The minimum atomic E-state index is -4.40. The summed E-state index contributed by atoms with van der Waals surface area (Å²) in [7, 11) is 0. The Labute approximate surface area is 131 Å². The lowest BCUT2D eigenvalue weighted by atomic mass is 10.1. The Bertz CT molecular complexity index is 908. The summed E-state index contributed by atoms with van der Waals surface area (Å²) < 4.78 is 38.7. The van der Waals surface area contributed by atoms with Crippen LogP contribution in [0.2, 0.25) is 0 Å². The summed E-state index contributed by atoms with van der Waals surface area (Å²) in [5.74, 6) is 2.52. The van der Waals surface area contributed by atoms with E-state index in [0.717, 1.165) is 12.1 Å². The molecule has 3 aromatic rings. The smallest absolute Gasteiger partial charge is 0.355 e. The number of halogens is 3. The van der Waals surface area contributed by atoms with E-state index in [2.05, 4.69) is 16.2 Å². The fourth-order valence-corrected chi connectivity index (χ4v) is 2.27. The highest BCUT2D eigenvalue weighted by molar-refractivity contribution is 5.93. The number of terminal acetylenes is 1. The number of rotatable bonds is 2. The molecule has 0 spiro atoms. The largest absolute Gasteiger partial charge is 0.416 e. The van der Waals surface area contributed by atoms with E-state index in [1.807, 2.05) is 0 Å². The van der Waals surface area contributed by atoms with Crippen LogP contribution in [-0.2, 0) is 6.18 Å². The van der Waals surface area contributed by atoms with Crippen LogP contribution in [0.15, 0.2) is 54.7 Å². The van der Waals surface area contributed by atoms with Gasteiger partial charge in [-0.05, 0) is 42.5 Å². The molecule has 1 N–H and O–H groups in total. The number of alkyl halides is 3.